The third kappa shape index (κ3) is 16.7. The quantitative estimate of drug-likeness (QED) is 0.0932. The van der Waals surface area contributed by atoms with Crippen LogP contribution in [-0.4, -0.2) is 24.1 Å². The van der Waals surface area contributed by atoms with Crippen molar-refractivity contribution in [3.63, 3.8) is 0 Å². The van der Waals surface area contributed by atoms with Gasteiger partial charge < -0.3 is 0 Å². The predicted molar refractivity (Wildman–Crippen MR) is 137 cm³/mol. The van der Waals surface area contributed by atoms with Crippen LogP contribution in [0.5, 0.6) is 0 Å². The van der Waals surface area contributed by atoms with Crippen LogP contribution in [0.2, 0.25) is 0 Å². The zero-order valence-corrected chi connectivity index (χ0v) is 22.0. The zero-order chi connectivity index (χ0) is 23.1. The van der Waals surface area contributed by atoms with Gasteiger partial charge in [-0.3, -0.25) is 9.63 Å². The van der Waals surface area contributed by atoms with Crippen molar-refractivity contribution < 1.29 is 14.2 Å². The summed E-state index contributed by atoms with van der Waals surface area (Å²) in [6, 6.07) is 0. The van der Waals surface area contributed by atoms with Crippen molar-refractivity contribution in [2.75, 3.05) is 13.2 Å². The Bertz CT molecular complexity index is 522. The predicted octanol–water partition coefficient (Wildman–Crippen LogP) is 7.86. The van der Waals surface area contributed by atoms with Crippen LogP contribution in [-0.2, 0) is 16.2 Å². The number of aromatic nitrogens is 1. The van der Waals surface area contributed by atoms with E-state index < -0.39 is 0 Å². The molecule has 0 aromatic carbocycles. The largest absolute Gasteiger partial charge is 0.272 e. The van der Waals surface area contributed by atoms with Crippen molar-refractivity contribution in [1.29, 1.82) is 0 Å². The number of rotatable bonds is 23. The van der Waals surface area contributed by atoms with Gasteiger partial charge in [0.2, 0.25) is 5.51 Å². The molecule has 0 N–H and O–H groups in total. The first-order chi connectivity index (χ1) is 15.8. The standard InChI is InChI=1S/C27H51N2O2S/c1-3-5-6-7-8-9-10-11-12-13-14-15-16-17-18-19-24-31-29(21-4-2)27(30)20-22-28-23-25-32-26-28/h23,25-26H,3-22,24H2,1-2H3/q+1. The van der Waals surface area contributed by atoms with Crippen LogP contribution < -0.4 is 4.57 Å². The molecule has 0 fully saturated rings. The van der Waals surface area contributed by atoms with E-state index in [9.17, 15) is 4.79 Å². The SMILES string of the molecule is CCCCCCCCCCCCCCCCCCON(CCC)C(=O)CC[n+]1ccsc1. The van der Waals surface area contributed by atoms with Crippen molar-refractivity contribution >= 4 is 17.2 Å². The molecule has 5 heteroatoms. The van der Waals surface area contributed by atoms with E-state index in [0.717, 1.165) is 19.4 Å². The normalized spacial score (nSPS) is 11.2. The van der Waals surface area contributed by atoms with E-state index in [1.54, 1.807) is 16.4 Å². The van der Waals surface area contributed by atoms with Gasteiger partial charge in [0.25, 0.3) is 5.91 Å². The van der Waals surface area contributed by atoms with Crippen LogP contribution in [0.1, 0.15) is 129 Å². The Labute approximate surface area is 202 Å². The van der Waals surface area contributed by atoms with Gasteiger partial charge in [0.15, 0.2) is 12.7 Å². The molecule has 0 aliphatic carbocycles. The maximum atomic E-state index is 12.4. The van der Waals surface area contributed by atoms with E-state index in [2.05, 4.69) is 18.4 Å². The average molecular weight is 468 g/mol. The van der Waals surface area contributed by atoms with Gasteiger partial charge in [-0.1, -0.05) is 121 Å². The molecule has 186 valence electrons. The third-order valence-electron chi connectivity index (χ3n) is 6.06. The Morgan fingerprint density at radius 1 is 0.781 bits per heavy atom. The van der Waals surface area contributed by atoms with Gasteiger partial charge in [-0.2, -0.15) is 4.57 Å². The first kappa shape index (κ1) is 29.1. The zero-order valence-electron chi connectivity index (χ0n) is 21.2. The molecule has 32 heavy (non-hydrogen) atoms. The molecule has 4 nitrogen and oxygen atoms in total. The minimum Gasteiger partial charge on any atom is -0.272 e. The number of nitrogens with zero attached hydrogens (tertiary/aromatic N) is 2. The van der Waals surface area contributed by atoms with Gasteiger partial charge in [-0.05, 0) is 12.8 Å². The van der Waals surface area contributed by atoms with E-state index in [1.165, 1.54) is 96.3 Å². The number of aryl methyl sites for hydroxylation is 1. The number of carbonyl (C=O) groups is 1. The number of carbonyl (C=O) groups excluding carboxylic acids is 1. The van der Waals surface area contributed by atoms with E-state index in [-0.39, 0.29) is 5.91 Å². The van der Waals surface area contributed by atoms with E-state index in [4.69, 9.17) is 4.84 Å². The number of hydroxylamine groups is 2. The molecular formula is C27H51N2O2S+. The highest BCUT2D eigenvalue weighted by Crippen LogP contribution is 2.14. The Morgan fingerprint density at radius 3 is 1.78 bits per heavy atom. The maximum absolute atomic E-state index is 12.4. The summed E-state index contributed by atoms with van der Waals surface area (Å²) in [4.78, 5) is 18.2. The fraction of sp³-hybridized carbons (Fsp3) is 0.852. The fourth-order valence-electron chi connectivity index (χ4n) is 4.03. The Balaban J connectivity index is 1.88. The molecule has 1 rings (SSSR count). The van der Waals surface area contributed by atoms with Gasteiger partial charge in [-0.15, -0.1) is 0 Å². The lowest BCUT2D eigenvalue weighted by atomic mass is 10.0. The van der Waals surface area contributed by atoms with Gasteiger partial charge >= 0.3 is 0 Å². The first-order valence-corrected chi connectivity index (χ1v) is 14.6. The van der Waals surface area contributed by atoms with Crippen LogP contribution in [0.4, 0.5) is 0 Å². The molecule has 0 saturated heterocycles. The topological polar surface area (TPSA) is 33.4 Å². The van der Waals surface area contributed by atoms with Crippen molar-refractivity contribution in [1.82, 2.24) is 5.06 Å². The molecule has 0 unspecified atom stereocenters. The number of hydrogen-bond donors (Lipinski definition) is 0. The Hall–Kier alpha value is -0.940. The summed E-state index contributed by atoms with van der Waals surface area (Å²) in [7, 11) is 0. The van der Waals surface area contributed by atoms with Crippen LogP contribution >= 0.6 is 11.3 Å². The molecular weight excluding hydrogens is 416 g/mol. The molecule has 1 aromatic rings. The molecule has 1 amide bonds. The van der Waals surface area contributed by atoms with Crippen molar-refractivity contribution in [2.45, 2.75) is 136 Å². The molecule has 0 saturated carbocycles. The van der Waals surface area contributed by atoms with Gasteiger partial charge in [0, 0.05) is 6.54 Å². The fourth-order valence-corrected chi connectivity index (χ4v) is 4.66. The average Bonchev–Trinajstić information content (AvgIpc) is 3.32. The number of amides is 1. The summed E-state index contributed by atoms with van der Waals surface area (Å²) in [6.07, 6.45) is 25.3. The van der Waals surface area contributed by atoms with Crippen LogP contribution in [0.3, 0.4) is 0 Å². The highest BCUT2D eigenvalue weighted by Gasteiger charge is 2.15. The van der Waals surface area contributed by atoms with Crippen LogP contribution in [0, 0.1) is 0 Å². The number of thiazole rings is 1. The van der Waals surface area contributed by atoms with Crippen LogP contribution in [0.15, 0.2) is 17.1 Å². The summed E-state index contributed by atoms with van der Waals surface area (Å²) in [5, 5.41) is 3.63. The minimum atomic E-state index is 0.0991. The van der Waals surface area contributed by atoms with Crippen molar-refractivity contribution in [2.24, 2.45) is 0 Å². The number of hydrogen-bond acceptors (Lipinski definition) is 3. The van der Waals surface area contributed by atoms with E-state index >= 15 is 0 Å². The van der Waals surface area contributed by atoms with Crippen LogP contribution in [0.25, 0.3) is 0 Å². The molecule has 0 spiro atoms. The summed E-state index contributed by atoms with van der Waals surface area (Å²) in [5.74, 6) is 0.0991. The lowest BCUT2D eigenvalue weighted by Gasteiger charge is -2.20. The highest BCUT2D eigenvalue weighted by atomic mass is 32.1. The van der Waals surface area contributed by atoms with E-state index in [0.29, 0.717) is 19.6 Å². The summed E-state index contributed by atoms with van der Waals surface area (Å²) < 4.78 is 2.06. The maximum Gasteiger partial charge on any atom is 0.252 e. The molecule has 0 aliphatic heterocycles. The third-order valence-corrected chi connectivity index (χ3v) is 6.73. The summed E-state index contributed by atoms with van der Waals surface area (Å²) in [6.45, 7) is 6.45. The smallest absolute Gasteiger partial charge is 0.252 e. The molecule has 0 radical (unpaired) electrons. The van der Waals surface area contributed by atoms with E-state index in [1.807, 2.05) is 17.1 Å². The summed E-state index contributed by atoms with van der Waals surface area (Å²) in [5.41, 5.74) is 2.04. The van der Waals surface area contributed by atoms with Gasteiger partial charge in [-0.25, -0.2) is 5.06 Å². The highest BCUT2D eigenvalue weighted by molar-refractivity contribution is 7.07. The Morgan fingerprint density at radius 2 is 1.31 bits per heavy atom. The lowest BCUT2D eigenvalue weighted by molar-refractivity contribution is -0.691. The first-order valence-electron chi connectivity index (χ1n) is 13.6. The van der Waals surface area contributed by atoms with Crippen molar-refractivity contribution in [3.05, 3.63) is 17.1 Å². The molecule has 0 atom stereocenters. The monoisotopic (exact) mass is 467 g/mol. The summed E-state index contributed by atoms with van der Waals surface area (Å²) >= 11 is 1.65. The number of unbranched alkanes of at least 4 members (excludes halogenated alkanes) is 15. The Kier molecular flexibility index (Phi) is 19.9. The second-order valence-corrected chi connectivity index (χ2v) is 9.90. The molecule has 0 bridgehead atoms. The molecule has 0 aliphatic rings. The lowest BCUT2D eigenvalue weighted by Crippen LogP contribution is -2.37. The van der Waals surface area contributed by atoms with Gasteiger partial charge in [0.1, 0.15) is 0 Å². The van der Waals surface area contributed by atoms with Crippen molar-refractivity contribution in [3.8, 4) is 0 Å². The second-order valence-electron chi connectivity index (χ2n) is 9.15. The molecule has 1 aromatic heterocycles. The minimum absolute atomic E-state index is 0.0991. The second kappa shape index (κ2) is 21.9. The molecule has 1 heterocycles. The van der Waals surface area contributed by atoms with Gasteiger partial charge in [0.05, 0.1) is 18.4 Å².